The van der Waals surface area contributed by atoms with E-state index in [9.17, 15) is 18.0 Å². The molecule has 0 fully saturated rings. The Morgan fingerprint density at radius 1 is 1.41 bits per heavy atom. The van der Waals surface area contributed by atoms with Gasteiger partial charge in [-0.1, -0.05) is 23.5 Å². The van der Waals surface area contributed by atoms with Crippen LogP contribution in [-0.2, 0) is 19.4 Å². The van der Waals surface area contributed by atoms with Crippen LogP contribution in [0.5, 0.6) is 0 Å². The highest BCUT2D eigenvalue weighted by molar-refractivity contribution is 7.90. The molecule has 2 amide bonds. The number of anilines is 1. The van der Waals surface area contributed by atoms with Gasteiger partial charge in [-0.15, -0.1) is 11.6 Å². The lowest BCUT2D eigenvalue weighted by Gasteiger charge is -2.28. The number of nitrogens with two attached hydrogens (primary N) is 1. The van der Waals surface area contributed by atoms with Crippen molar-refractivity contribution >= 4 is 59.9 Å². The zero-order valence-electron chi connectivity index (χ0n) is 13.8. The molecule has 0 radical (unpaired) electrons. The number of aromatic nitrogens is 1. The van der Waals surface area contributed by atoms with Crippen LogP contribution in [0, 0.1) is 0 Å². The number of nitrogens with one attached hydrogen (secondary N) is 1. The van der Waals surface area contributed by atoms with E-state index in [1.807, 2.05) is 0 Å². The minimum atomic E-state index is -3.40. The van der Waals surface area contributed by atoms with Crippen molar-refractivity contribution in [1.82, 2.24) is 4.98 Å². The van der Waals surface area contributed by atoms with Crippen LogP contribution in [0.1, 0.15) is 0 Å². The maximum Gasteiger partial charge on any atom is 0.269 e. The van der Waals surface area contributed by atoms with Gasteiger partial charge in [0.15, 0.2) is 15.0 Å². The first-order valence-electron chi connectivity index (χ1n) is 7.46. The quantitative estimate of drug-likeness (QED) is 0.720. The Labute approximate surface area is 162 Å². The number of amides is 2. The minimum absolute atomic E-state index is 0.0603. The second-order valence-electron chi connectivity index (χ2n) is 5.85. The summed E-state index contributed by atoms with van der Waals surface area (Å²) in [7, 11) is -3.40. The molecule has 0 saturated heterocycles. The van der Waals surface area contributed by atoms with Crippen molar-refractivity contribution in [3.8, 4) is 0 Å². The van der Waals surface area contributed by atoms with Crippen LogP contribution in [0.25, 0.3) is 10.2 Å². The first-order valence-corrected chi connectivity index (χ1v) is 10.6. The number of halogens is 2. The van der Waals surface area contributed by atoms with E-state index < -0.39 is 32.7 Å². The third-order valence-electron chi connectivity index (χ3n) is 3.90. The monoisotopic (exact) mass is 429 g/mol. The average molecular weight is 430 g/mol. The van der Waals surface area contributed by atoms with Crippen LogP contribution >= 0.6 is 22.9 Å². The standard InChI is InChI=1S/C16H13ClFN3O4S2/c1-27(24,25)8-4-5-10-11(7-8)26-15(20-10)21-14(23)16(18)6-2-3-9(12(16)17)13(19)22/h2-7,12H,1H3,(H2,19,22)(H,20,21,23). The Kier molecular flexibility index (Phi) is 4.83. The molecule has 0 saturated carbocycles. The summed E-state index contributed by atoms with van der Waals surface area (Å²) >= 11 is 6.94. The van der Waals surface area contributed by atoms with Crippen molar-refractivity contribution in [2.24, 2.45) is 5.73 Å². The first-order chi connectivity index (χ1) is 12.5. The van der Waals surface area contributed by atoms with Crippen molar-refractivity contribution in [3.63, 3.8) is 0 Å². The second-order valence-corrected chi connectivity index (χ2v) is 9.33. The van der Waals surface area contributed by atoms with E-state index in [-0.39, 0.29) is 15.6 Å². The molecular weight excluding hydrogens is 417 g/mol. The fourth-order valence-electron chi connectivity index (χ4n) is 2.47. The summed E-state index contributed by atoms with van der Waals surface area (Å²) in [5.74, 6) is -2.05. The molecule has 7 nitrogen and oxygen atoms in total. The van der Waals surface area contributed by atoms with E-state index in [0.717, 1.165) is 23.7 Å². The SMILES string of the molecule is CS(=O)(=O)c1ccc2nc(NC(=O)C3(F)C=CC=C(C(N)=O)C3Cl)sc2c1. The number of rotatable bonds is 4. The molecule has 2 unspecified atom stereocenters. The molecule has 0 aliphatic heterocycles. The molecule has 3 N–H and O–H groups in total. The number of hydrogen-bond acceptors (Lipinski definition) is 6. The van der Waals surface area contributed by atoms with Crippen LogP contribution in [0.15, 0.2) is 46.9 Å². The highest BCUT2D eigenvalue weighted by Crippen LogP contribution is 2.35. The molecule has 11 heteroatoms. The molecule has 0 spiro atoms. The molecule has 142 valence electrons. The van der Waals surface area contributed by atoms with Crippen molar-refractivity contribution in [2.45, 2.75) is 15.9 Å². The highest BCUT2D eigenvalue weighted by atomic mass is 35.5. The van der Waals surface area contributed by atoms with Crippen LogP contribution in [0.3, 0.4) is 0 Å². The lowest BCUT2D eigenvalue weighted by molar-refractivity contribution is -0.124. The largest absolute Gasteiger partial charge is 0.366 e. The number of primary amides is 1. The Morgan fingerprint density at radius 3 is 2.74 bits per heavy atom. The van der Waals surface area contributed by atoms with Crippen molar-refractivity contribution in [3.05, 3.63) is 42.0 Å². The maximum atomic E-state index is 15.1. The molecule has 1 aliphatic rings. The number of hydrogen-bond donors (Lipinski definition) is 2. The van der Waals surface area contributed by atoms with Gasteiger partial charge in [0.1, 0.15) is 5.38 Å². The molecule has 1 aromatic heterocycles. The fourth-order valence-corrected chi connectivity index (χ4v) is 4.44. The number of alkyl halides is 2. The fraction of sp³-hybridized carbons (Fsp3) is 0.188. The van der Waals surface area contributed by atoms with Crippen LogP contribution in [0.2, 0.25) is 0 Å². The van der Waals surface area contributed by atoms with Crippen LogP contribution in [-0.4, -0.2) is 42.5 Å². The van der Waals surface area contributed by atoms with Crippen LogP contribution < -0.4 is 11.1 Å². The number of nitrogens with zero attached hydrogens (tertiary/aromatic N) is 1. The van der Waals surface area contributed by atoms with Gasteiger partial charge in [-0.3, -0.25) is 14.9 Å². The second kappa shape index (κ2) is 6.70. The summed E-state index contributed by atoms with van der Waals surface area (Å²) in [4.78, 5) is 28.0. The van der Waals surface area contributed by atoms with Gasteiger partial charge in [0.2, 0.25) is 11.6 Å². The number of carbonyl (C=O) groups is 2. The van der Waals surface area contributed by atoms with Gasteiger partial charge in [0.05, 0.1) is 15.1 Å². The third-order valence-corrected chi connectivity index (χ3v) is 6.49. The Morgan fingerprint density at radius 2 is 2.11 bits per heavy atom. The number of benzene rings is 1. The van der Waals surface area contributed by atoms with Crippen LogP contribution in [0.4, 0.5) is 9.52 Å². The zero-order valence-corrected chi connectivity index (χ0v) is 16.2. The van der Waals surface area contributed by atoms with E-state index in [1.54, 1.807) is 0 Å². The van der Waals surface area contributed by atoms with Gasteiger partial charge in [0.25, 0.3) is 5.91 Å². The summed E-state index contributed by atoms with van der Waals surface area (Å²) in [6.07, 6.45) is 4.44. The predicted octanol–water partition coefficient (Wildman–Crippen LogP) is 1.94. The maximum absolute atomic E-state index is 15.1. The smallest absolute Gasteiger partial charge is 0.269 e. The Bertz CT molecular complexity index is 1130. The Balaban J connectivity index is 1.89. The lowest BCUT2D eigenvalue weighted by atomic mass is 9.89. The molecule has 2 atom stereocenters. The summed E-state index contributed by atoms with van der Waals surface area (Å²) < 4.78 is 38.9. The lowest BCUT2D eigenvalue weighted by Crippen LogP contribution is -2.48. The van der Waals surface area contributed by atoms with Crippen molar-refractivity contribution in [1.29, 1.82) is 0 Å². The predicted molar refractivity (Wildman–Crippen MR) is 101 cm³/mol. The zero-order chi connectivity index (χ0) is 20.0. The van der Waals surface area contributed by atoms with Crippen molar-refractivity contribution in [2.75, 3.05) is 11.6 Å². The van der Waals surface area contributed by atoms with Crippen molar-refractivity contribution < 1.29 is 22.4 Å². The number of sulfone groups is 1. The molecule has 3 rings (SSSR count). The van der Waals surface area contributed by atoms with Gasteiger partial charge in [-0.05, 0) is 24.3 Å². The molecule has 1 aliphatic carbocycles. The van der Waals surface area contributed by atoms with Gasteiger partial charge < -0.3 is 5.73 Å². The number of allylic oxidation sites excluding steroid dienone is 2. The molecule has 1 heterocycles. The van der Waals surface area contributed by atoms with E-state index in [4.69, 9.17) is 17.3 Å². The van der Waals surface area contributed by atoms with Gasteiger partial charge >= 0.3 is 0 Å². The summed E-state index contributed by atoms with van der Waals surface area (Å²) in [6, 6.07) is 4.30. The Hall–Kier alpha value is -2.30. The molecule has 0 bridgehead atoms. The molecule has 1 aromatic carbocycles. The third kappa shape index (κ3) is 3.60. The normalized spacial score (nSPS) is 22.5. The molecular formula is C16H13ClFN3O4S2. The molecule has 2 aromatic rings. The van der Waals surface area contributed by atoms with Gasteiger partial charge in [-0.2, -0.15) is 0 Å². The summed E-state index contributed by atoms with van der Waals surface area (Å²) in [6.45, 7) is 0. The van der Waals surface area contributed by atoms with Gasteiger partial charge in [-0.25, -0.2) is 17.8 Å². The topological polar surface area (TPSA) is 119 Å². The molecule has 27 heavy (non-hydrogen) atoms. The summed E-state index contributed by atoms with van der Waals surface area (Å²) in [5, 5.41) is 0.788. The first kappa shape index (κ1) is 19.5. The van der Waals surface area contributed by atoms with E-state index >= 15 is 4.39 Å². The summed E-state index contributed by atoms with van der Waals surface area (Å²) in [5.41, 5.74) is 2.67. The highest BCUT2D eigenvalue weighted by Gasteiger charge is 2.48. The number of thiazole rings is 1. The van der Waals surface area contributed by atoms with E-state index in [1.165, 1.54) is 30.4 Å². The number of fused-ring (bicyclic) bond motifs is 1. The minimum Gasteiger partial charge on any atom is -0.366 e. The number of carbonyl (C=O) groups excluding carboxylic acids is 2. The van der Waals surface area contributed by atoms with Gasteiger partial charge in [0, 0.05) is 11.8 Å². The average Bonchev–Trinajstić information content (AvgIpc) is 2.97. The van der Waals surface area contributed by atoms with E-state index in [2.05, 4.69) is 10.3 Å². The van der Waals surface area contributed by atoms with E-state index in [0.29, 0.717) is 10.2 Å².